The first kappa shape index (κ1) is 12.9. The van der Waals surface area contributed by atoms with Crippen LogP contribution in [0.15, 0.2) is 24.3 Å². The van der Waals surface area contributed by atoms with Gasteiger partial charge in [-0.1, -0.05) is 24.3 Å². The van der Waals surface area contributed by atoms with E-state index in [1.54, 1.807) is 0 Å². The number of aryl methyl sites for hydroxylation is 1. The molecule has 2 atom stereocenters. The fourth-order valence-corrected chi connectivity index (χ4v) is 3.38. The molecule has 1 aliphatic heterocycles. The first-order valence-electron chi connectivity index (χ1n) is 6.33. The molecule has 0 fully saturated rings. The van der Waals surface area contributed by atoms with Crippen LogP contribution in [0.1, 0.15) is 30.5 Å². The summed E-state index contributed by atoms with van der Waals surface area (Å²) in [6.45, 7) is 2.41. The zero-order valence-corrected chi connectivity index (χ0v) is 11.2. The second-order valence-electron chi connectivity index (χ2n) is 4.66. The second kappa shape index (κ2) is 6.43. The number of hydrogen-bond donors (Lipinski definition) is 2. The Labute approximate surface area is 108 Å². The lowest BCUT2D eigenvalue weighted by Gasteiger charge is -2.23. The molecule has 3 heteroatoms. The number of nitrogens with one attached hydrogen (secondary N) is 1. The van der Waals surface area contributed by atoms with E-state index in [9.17, 15) is 0 Å². The molecule has 1 aromatic carbocycles. The van der Waals surface area contributed by atoms with Gasteiger partial charge in [0.05, 0.1) is 0 Å². The van der Waals surface area contributed by atoms with Crippen LogP contribution in [0.5, 0.6) is 0 Å². The number of rotatable bonds is 4. The van der Waals surface area contributed by atoms with Crippen LogP contribution in [0.3, 0.4) is 0 Å². The Kier molecular flexibility index (Phi) is 4.89. The summed E-state index contributed by atoms with van der Waals surface area (Å²) in [7, 11) is 0. The molecule has 1 heterocycles. The largest absolute Gasteiger partial charge is 0.396 e. The number of benzene rings is 1. The van der Waals surface area contributed by atoms with Crippen LogP contribution >= 0.6 is 11.8 Å². The average molecular weight is 251 g/mol. The van der Waals surface area contributed by atoms with Crippen LogP contribution in [0.25, 0.3) is 0 Å². The van der Waals surface area contributed by atoms with Crippen molar-refractivity contribution in [2.75, 3.05) is 18.1 Å². The molecule has 0 saturated carbocycles. The van der Waals surface area contributed by atoms with Crippen molar-refractivity contribution in [3.63, 3.8) is 0 Å². The van der Waals surface area contributed by atoms with Gasteiger partial charge in [0, 0.05) is 24.4 Å². The lowest BCUT2D eigenvalue weighted by atomic mass is 9.99. The molecule has 0 amide bonds. The number of hydrogen-bond acceptors (Lipinski definition) is 3. The highest BCUT2D eigenvalue weighted by Gasteiger charge is 2.19. The lowest BCUT2D eigenvalue weighted by Crippen LogP contribution is -2.32. The Morgan fingerprint density at radius 2 is 2.29 bits per heavy atom. The summed E-state index contributed by atoms with van der Waals surface area (Å²) >= 11 is 2.02. The van der Waals surface area contributed by atoms with E-state index in [1.807, 2.05) is 11.8 Å². The van der Waals surface area contributed by atoms with Gasteiger partial charge in [-0.2, -0.15) is 11.8 Å². The van der Waals surface area contributed by atoms with E-state index < -0.39 is 0 Å². The molecule has 0 saturated heterocycles. The van der Waals surface area contributed by atoms with E-state index in [-0.39, 0.29) is 6.61 Å². The topological polar surface area (TPSA) is 32.3 Å². The SMILES string of the molecule is C[C@H](CCO)N[C@H]1CSCCc2ccccc21. The maximum absolute atomic E-state index is 8.97. The summed E-state index contributed by atoms with van der Waals surface area (Å²) in [5, 5.41) is 12.6. The van der Waals surface area contributed by atoms with Crippen molar-refractivity contribution >= 4 is 11.8 Å². The Balaban J connectivity index is 2.11. The molecule has 2 rings (SSSR count). The molecular weight excluding hydrogens is 230 g/mol. The minimum Gasteiger partial charge on any atom is -0.396 e. The van der Waals surface area contributed by atoms with Gasteiger partial charge in [0.1, 0.15) is 0 Å². The van der Waals surface area contributed by atoms with Gasteiger partial charge < -0.3 is 10.4 Å². The van der Waals surface area contributed by atoms with Crippen LogP contribution in [-0.2, 0) is 6.42 Å². The molecule has 0 aromatic heterocycles. The van der Waals surface area contributed by atoms with Gasteiger partial charge in [-0.25, -0.2) is 0 Å². The van der Waals surface area contributed by atoms with Crippen molar-refractivity contribution in [3.05, 3.63) is 35.4 Å². The molecule has 17 heavy (non-hydrogen) atoms. The van der Waals surface area contributed by atoms with Gasteiger partial charge >= 0.3 is 0 Å². The molecule has 1 aromatic rings. The highest BCUT2D eigenvalue weighted by Crippen LogP contribution is 2.27. The van der Waals surface area contributed by atoms with Gasteiger partial charge in [0.2, 0.25) is 0 Å². The minimum atomic E-state index is 0.260. The minimum absolute atomic E-state index is 0.260. The molecule has 0 aliphatic carbocycles. The van der Waals surface area contributed by atoms with Crippen LogP contribution < -0.4 is 5.32 Å². The molecule has 0 spiro atoms. The quantitative estimate of drug-likeness (QED) is 0.862. The molecule has 1 aliphatic rings. The zero-order valence-electron chi connectivity index (χ0n) is 10.4. The molecule has 0 bridgehead atoms. The fourth-order valence-electron chi connectivity index (χ4n) is 2.33. The van der Waals surface area contributed by atoms with Crippen LogP contribution in [0.2, 0.25) is 0 Å². The van der Waals surface area contributed by atoms with E-state index in [1.165, 1.54) is 23.3 Å². The van der Waals surface area contributed by atoms with Crippen molar-refractivity contribution in [3.8, 4) is 0 Å². The predicted octanol–water partition coefficient (Wildman–Crippen LogP) is 2.38. The summed E-state index contributed by atoms with van der Waals surface area (Å²) in [4.78, 5) is 0. The Morgan fingerprint density at radius 3 is 3.12 bits per heavy atom. The Morgan fingerprint density at radius 1 is 1.47 bits per heavy atom. The molecule has 0 unspecified atom stereocenters. The van der Waals surface area contributed by atoms with Crippen LogP contribution in [0, 0.1) is 0 Å². The van der Waals surface area contributed by atoms with Gasteiger partial charge in [0.25, 0.3) is 0 Å². The number of aliphatic hydroxyl groups is 1. The van der Waals surface area contributed by atoms with Crippen LogP contribution in [-0.4, -0.2) is 29.3 Å². The van der Waals surface area contributed by atoms with Crippen molar-refractivity contribution < 1.29 is 5.11 Å². The van der Waals surface area contributed by atoms with Crippen molar-refractivity contribution in [1.82, 2.24) is 5.32 Å². The molecule has 94 valence electrons. The van der Waals surface area contributed by atoms with E-state index in [0.29, 0.717) is 12.1 Å². The summed E-state index contributed by atoms with van der Waals surface area (Å²) in [6.07, 6.45) is 2.00. The lowest BCUT2D eigenvalue weighted by molar-refractivity contribution is 0.265. The third-order valence-electron chi connectivity index (χ3n) is 3.28. The smallest absolute Gasteiger partial charge is 0.0445 e. The number of thioether (sulfide) groups is 1. The molecule has 0 radical (unpaired) electrons. The van der Waals surface area contributed by atoms with Gasteiger partial charge in [-0.15, -0.1) is 0 Å². The third kappa shape index (κ3) is 3.47. The number of aliphatic hydroxyl groups excluding tert-OH is 1. The van der Waals surface area contributed by atoms with Gasteiger partial charge in [-0.05, 0) is 36.6 Å². The standard InChI is InChI=1S/C14H21NOS/c1-11(6-8-16)15-14-10-17-9-7-12-4-2-3-5-13(12)14/h2-5,11,14-16H,6-10H2,1H3/t11-,14+/m1/s1. The van der Waals surface area contributed by atoms with E-state index >= 15 is 0 Å². The van der Waals surface area contributed by atoms with Crippen molar-refractivity contribution in [1.29, 1.82) is 0 Å². The zero-order chi connectivity index (χ0) is 12.1. The Hall–Kier alpha value is -0.510. The fraction of sp³-hybridized carbons (Fsp3) is 0.571. The monoisotopic (exact) mass is 251 g/mol. The van der Waals surface area contributed by atoms with Crippen molar-refractivity contribution in [2.24, 2.45) is 0 Å². The first-order chi connectivity index (χ1) is 8.31. The predicted molar refractivity (Wildman–Crippen MR) is 74.5 cm³/mol. The summed E-state index contributed by atoms with van der Waals surface area (Å²) in [5.74, 6) is 2.34. The Bertz CT molecular complexity index is 356. The van der Waals surface area contributed by atoms with E-state index in [2.05, 4.69) is 36.5 Å². The first-order valence-corrected chi connectivity index (χ1v) is 7.49. The molecular formula is C14H21NOS. The summed E-state index contributed by atoms with van der Waals surface area (Å²) < 4.78 is 0. The second-order valence-corrected chi connectivity index (χ2v) is 5.81. The number of fused-ring (bicyclic) bond motifs is 1. The van der Waals surface area contributed by atoms with E-state index in [4.69, 9.17) is 5.11 Å². The van der Waals surface area contributed by atoms with E-state index in [0.717, 1.165) is 12.2 Å². The average Bonchev–Trinajstić information content (AvgIpc) is 2.53. The van der Waals surface area contributed by atoms with Gasteiger partial charge in [-0.3, -0.25) is 0 Å². The molecule has 2 N–H and O–H groups in total. The van der Waals surface area contributed by atoms with Gasteiger partial charge in [0.15, 0.2) is 0 Å². The maximum Gasteiger partial charge on any atom is 0.0445 e. The molecule has 2 nitrogen and oxygen atoms in total. The van der Waals surface area contributed by atoms with Crippen LogP contribution in [0.4, 0.5) is 0 Å². The highest BCUT2D eigenvalue weighted by atomic mass is 32.2. The summed E-state index contributed by atoms with van der Waals surface area (Å²) in [6, 6.07) is 9.54. The normalized spacial score (nSPS) is 21.6. The summed E-state index contributed by atoms with van der Waals surface area (Å²) in [5.41, 5.74) is 2.92. The maximum atomic E-state index is 8.97. The van der Waals surface area contributed by atoms with Crippen molar-refractivity contribution in [2.45, 2.75) is 31.8 Å². The third-order valence-corrected chi connectivity index (χ3v) is 4.34. The highest BCUT2D eigenvalue weighted by molar-refractivity contribution is 7.99.